The molecule has 2 atom stereocenters. The summed E-state index contributed by atoms with van der Waals surface area (Å²) in [4.78, 5) is 12.3. The number of anilines is 1. The van der Waals surface area contributed by atoms with Gasteiger partial charge in [-0.25, -0.2) is 0 Å². The van der Waals surface area contributed by atoms with E-state index in [2.05, 4.69) is 5.32 Å². The second-order valence-corrected chi connectivity index (χ2v) is 6.28. The maximum atomic E-state index is 13.1. The van der Waals surface area contributed by atoms with E-state index in [-0.39, 0.29) is 11.5 Å². The van der Waals surface area contributed by atoms with Crippen LogP contribution in [0.5, 0.6) is 5.75 Å². The number of halogens is 4. The smallest absolute Gasteiger partial charge is 0.416 e. The van der Waals surface area contributed by atoms with Gasteiger partial charge in [-0.1, -0.05) is 29.8 Å². The molecule has 0 aromatic heterocycles. The van der Waals surface area contributed by atoms with E-state index in [1.807, 2.05) is 0 Å². The van der Waals surface area contributed by atoms with Crippen molar-refractivity contribution in [3.63, 3.8) is 0 Å². The number of nitrogens with one attached hydrogen (secondary N) is 1. The Morgan fingerprint density at radius 3 is 2.60 bits per heavy atom. The number of amides is 1. The van der Waals surface area contributed by atoms with Gasteiger partial charge in [-0.2, -0.15) is 13.2 Å². The average Bonchev–Trinajstić information content (AvgIpc) is 3.35. The van der Waals surface area contributed by atoms with Crippen molar-refractivity contribution in [1.82, 2.24) is 0 Å². The number of hydrogen-bond donors (Lipinski definition) is 1. The maximum absolute atomic E-state index is 13.1. The molecule has 1 N–H and O–H groups in total. The van der Waals surface area contributed by atoms with Crippen LogP contribution >= 0.6 is 11.6 Å². The van der Waals surface area contributed by atoms with Crippen molar-refractivity contribution in [2.24, 2.45) is 5.92 Å². The monoisotopic (exact) mass is 369 g/mol. The number of alkyl halides is 3. The second kappa shape index (κ2) is 6.59. The summed E-state index contributed by atoms with van der Waals surface area (Å²) in [6.07, 6.45) is -4.04. The fourth-order valence-electron chi connectivity index (χ4n) is 2.89. The van der Waals surface area contributed by atoms with Gasteiger partial charge in [0.15, 0.2) is 0 Å². The molecule has 7 heteroatoms. The Bertz CT molecular complexity index is 807. The maximum Gasteiger partial charge on any atom is 0.416 e. The summed E-state index contributed by atoms with van der Waals surface area (Å²) in [5.41, 5.74) is -0.0312. The standard InChI is InChI=1S/C18H15ClF3NO2/c1-25-16-7-6-10(8-15(16)19)23-17(24)13-9-12(13)11-4-2-3-5-14(11)18(20,21)22/h2-8,12-13H,9H2,1H3,(H,23,24). The molecule has 2 unspecified atom stereocenters. The van der Waals surface area contributed by atoms with Crippen molar-refractivity contribution in [3.8, 4) is 5.75 Å². The van der Waals surface area contributed by atoms with E-state index < -0.39 is 23.6 Å². The summed E-state index contributed by atoms with van der Waals surface area (Å²) in [5, 5.41) is 3.04. The lowest BCUT2D eigenvalue weighted by molar-refractivity contribution is -0.138. The van der Waals surface area contributed by atoms with Gasteiger partial charge in [-0.05, 0) is 42.2 Å². The second-order valence-electron chi connectivity index (χ2n) is 5.87. The third-order valence-electron chi connectivity index (χ3n) is 4.21. The summed E-state index contributed by atoms with van der Waals surface area (Å²) in [7, 11) is 1.48. The third kappa shape index (κ3) is 3.74. The fraction of sp³-hybridized carbons (Fsp3) is 0.278. The molecule has 1 aliphatic rings. The van der Waals surface area contributed by atoms with Crippen molar-refractivity contribution >= 4 is 23.2 Å². The molecule has 0 saturated heterocycles. The van der Waals surface area contributed by atoms with E-state index in [1.165, 1.54) is 19.2 Å². The Labute approximate surface area is 147 Å². The molecular formula is C18H15ClF3NO2. The van der Waals surface area contributed by atoms with Crippen LogP contribution in [0.4, 0.5) is 18.9 Å². The normalized spacial score (nSPS) is 19.4. The van der Waals surface area contributed by atoms with E-state index in [1.54, 1.807) is 24.3 Å². The summed E-state index contributed by atoms with van der Waals surface area (Å²) in [5.74, 6) is -0.748. The van der Waals surface area contributed by atoms with Gasteiger partial charge in [-0.3, -0.25) is 4.79 Å². The molecule has 25 heavy (non-hydrogen) atoms. The van der Waals surface area contributed by atoms with Gasteiger partial charge in [0.05, 0.1) is 17.7 Å². The predicted molar refractivity (Wildman–Crippen MR) is 88.9 cm³/mol. The van der Waals surface area contributed by atoms with Crippen LogP contribution in [0.3, 0.4) is 0 Å². The van der Waals surface area contributed by atoms with Crippen molar-refractivity contribution in [2.45, 2.75) is 18.5 Å². The molecule has 1 aliphatic carbocycles. The molecule has 3 nitrogen and oxygen atoms in total. The molecule has 2 aromatic carbocycles. The molecule has 0 spiro atoms. The first kappa shape index (κ1) is 17.6. The summed E-state index contributed by atoms with van der Waals surface area (Å²) in [6.45, 7) is 0. The van der Waals surface area contributed by atoms with Gasteiger partial charge in [0.2, 0.25) is 5.91 Å². The number of benzene rings is 2. The van der Waals surface area contributed by atoms with Crippen LogP contribution in [0, 0.1) is 5.92 Å². The molecule has 0 bridgehead atoms. The number of rotatable bonds is 4. The van der Waals surface area contributed by atoms with Crippen molar-refractivity contribution in [2.75, 3.05) is 12.4 Å². The molecule has 132 valence electrons. The molecule has 2 aromatic rings. The Morgan fingerprint density at radius 1 is 1.24 bits per heavy atom. The summed E-state index contributed by atoms with van der Waals surface area (Å²) >= 11 is 6.00. The van der Waals surface area contributed by atoms with Crippen molar-refractivity contribution in [3.05, 3.63) is 58.6 Å². The van der Waals surface area contributed by atoms with E-state index in [9.17, 15) is 18.0 Å². The number of ether oxygens (including phenoxy) is 1. The van der Waals surface area contributed by atoms with E-state index in [0.29, 0.717) is 22.9 Å². The molecular weight excluding hydrogens is 355 g/mol. The topological polar surface area (TPSA) is 38.3 Å². The first-order valence-corrected chi connectivity index (χ1v) is 7.99. The zero-order chi connectivity index (χ0) is 18.2. The highest BCUT2D eigenvalue weighted by Gasteiger charge is 2.47. The van der Waals surface area contributed by atoms with Crippen molar-refractivity contribution < 1.29 is 22.7 Å². The lowest BCUT2D eigenvalue weighted by atomic mass is 10.0. The quantitative estimate of drug-likeness (QED) is 0.813. The molecule has 1 saturated carbocycles. The van der Waals surface area contributed by atoms with Crippen LogP contribution in [0.2, 0.25) is 5.02 Å². The van der Waals surface area contributed by atoms with Gasteiger partial charge >= 0.3 is 6.18 Å². The minimum absolute atomic E-state index is 0.169. The van der Waals surface area contributed by atoms with E-state index >= 15 is 0 Å². The van der Waals surface area contributed by atoms with Crippen LogP contribution in [0.1, 0.15) is 23.5 Å². The lowest BCUT2D eigenvalue weighted by Gasteiger charge is -2.12. The molecule has 0 radical (unpaired) electrons. The van der Waals surface area contributed by atoms with Crippen LogP contribution < -0.4 is 10.1 Å². The number of carbonyl (C=O) groups excluding carboxylic acids is 1. The first-order valence-electron chi connectivity index (χ1n) is 7.61. The van der Waals surface area contributed by atoms with Gasteiger partial charge in [0.25, 0.3) is 0 Å². The molecule has 0 aliphatic heterocycles. The average molecular weight is 370 g/mol. The predicted octanol–water partition coefficient (Wildman–Crippen LogP) is 5.11. The SMILES string of the molecule is COc1ccc(NC(=O)C2CC2c2ccccc2C(F)(F)F)cc1Cl. The van der Waals surface area contributed by atoms with Crippen LogP contribution in [0.15, 0.2) is 42.5 Å². The highest BCUT2D eigenvalue weighted by Crippen LogP contribution is 2.51. The van der Waals surface area contributed by atoms with Crippen molar-refractivity contribution in [1.29, 1.82) is 0 Å². The third-order valence-corrected chi connectivity index (χ3v) is 4.51. The highest BCUT2D eigenvalue weighted by molar-refractivity contribution is 6.32. The van der Waals surface area contributed by atoms with E-state index in [4.69, 9.17) is 16.3 Å². The van der Waals surface area contributed by atoms with Crippen LogP contribution in [-0.2, 0) is 11.0 Å². The van der Waals surface area contributed by atoms with E-state index in [0.717, 1.165) is 6.07 Å². The molecule has 1 fully saturated rings. The highest BCUT2D eigenvalue weighted by atomic mass is 35.5. The Balaban J connectivity index is 1.72. The summed E-state index contributed by atoms with van der Waals surface area (Å²) in [6, 6.07) is 10.2. The van der Waals surface area contributed by atoms with Gasteiger partial charge in [0, 0.05) is 11.6 Å². The van der Waals surface area contributed by atoms with Crippen LogP contribution in [0.25, 0.3) is 0 Å². The number of carbonyl (C=O) groups is 1. The minimum atomic E-state index is -4.43. The fourth-order valence-corrected chi connectivity index (χ4v) is 3.14. The van der Waals surface area contributed by atoms with Gasteiger partial charge in [0.1, 0.15) is 5.75 Å². The Morgan fingerprint density at radius 2 is 1.96 bits per heavy atom. The summed E-state index contributed by atoms with van der Waals surface area (Å²) < 4.78 is 44.3. The Hall–Kier alpha value is -2.21. The number of methoxy groups -OCH3 is 1. The minimum Gasteiger partial charge on any atom is -0.495 e. The Kier molecular flexibility index (Phi) is 4.64. The van der Waals surface area contributed by atoms with Gasteiger partial charge < -0.3 is 10.1 Å². The molecule has 0 heterocycles. The molecule has 3 rings (SSSR count). The molecule has 1 amide bonds. The first-order chi connectivity index (χ1) is 11.8. The largest absolute Gasteiger partial charge is 0.495 e. The lowest BCUT2D eigenvalue weighted by Crippen LogP contribution is -2.15. The van der Waals surface area contributed by atoms with Gasteiger partial charge in [-0.15, -0.1) is 0 Å². The van der Waals surface area contributed by atoms with Crippen LogP contribution in [-0.4, -0.2) is 13.0 Å². The number of hydrogen-bond acceptors (Lipinski definition) is 2. The zero-order valence-corrected chi connectivity index (χ0v) is 14.0. The zero-order valence-electron chi connectivity index (χ0n) is 13.2.